The molecule has 0 atom stereocenters. The topological polar surface area (TPSA) is 58.5 Å². The Hall–Kier alpha value is -1.61. The van der Waals surface area contributed by atoms with E-state index >= 15 is 0 Å². The normalized spacial score (nSPS) is 10.8. The molecule has 5 nitrogen and oxygen atoms in total. The van der Waals surface area contributed by atoms with Gasteiger partial charge < -0.3 is 15.4 Å². The van der Waals surface area contributed by atoms with Crippen LogP contribution in [0.5, 0.6) is 5.75 Å². The van der Waals surface area contributed by atoms with E-state index in [4.69, 9.17) is 4.74 Å². The molecular weight excluding hydrogens is 471 g/mol. The molecule has 0 spiro atoms. The fourth-order valence-electron chi connectivity index (χ4n) is 2.39. The van der Waals surface area contributed by atoms with E-state index in [2.05, 4.69) is 39.5 Å². The number of rotatable bonds is 10. The van der Waals surface area contributed by atoms with Crippen LogP contribution in [0.15, 0.2) is 47.3 Å². The molecule has 1 aromatic carbocycles. The smallest absolute Gasteiger partial charge is 0.191 e. The van der Waals surface area contributed by atoms with Gasteiger partial charge >= 0.3 is 0 Å². The zero-order chi connectivity index (χ0) is 18.6. The van der Waals surface area contributed by atoms with E-state index in [0.29, 0.717) is 13.2 Å². The zero-order valence-electron chi connectivity index (χ0n) is 16.0. The first-order valence-corrected chi connectivity index (χ1v) is 9.85. The van der Waals surface area contributed by atoms with Crippen molar-refractivity contribution in [3.63, 3.8) is 0 Å². The van der Waals surface area contributed by atoms with Crippen LogP contribution in [0.25, 0.3) is 0 Å². The zero-order valence-corrected chi connectivity index (χ0v) is 19.2. The van der Waals surface area contributed by atoms with Crippen LogP contribution in [0.3, 0.4) is 0 Å². The van der Waals surface area contributed by atoms with Crippen molar-refractivity contribution in [1.82, 2.24) is 15.6 Å². The Labute approximate surface area is 183 Å². The molecule has 0 fully saturated rings. The van der Waals surface area contributed by atoms with Crippen LogP contribution in [-0.2, 0) is 13.0 Å². The standard InChI is InChI=1S/C20H28N4OS.HI/c1-4-13-25-18-10-7-6-9-17(18)14-23-20(21-5-2)22-12-8-11-19-24-16(3)15-26-19;/h4,6-7,9-10,15H,1,5,8,11-14H2,2-3H3,(H2,21,22,23);1H. The third-order valence-corrected chi connectivity index (χ3v) is 4.63. The number of para-hydroxylation sites is 1. The lowest BCUT2D eigenvalue weighted by Gasteiger charge is -2.12. The van der Waals surface area contributed by atoms with Crippen LogP contribution >= 0.6 is 35.3 Å². The number of nitrogens with zero attached hydrogens (tertiary/aromatic N) is 2. The van der Waals surface area contributed by atoms with E-state index in [9.17, 15) is 0 Å². The van der Waals surface area contributed by atoms with Crippen molar-refractivity contribution in [3.8, 4) is 5.75 Å². The van der Waals surface area contributed by atoms with Gasteiger partial charge in [0.05, 0.1) is 11.6 Å². The summed E-state index contributed by atoms with van der Waals surface area (Å²) in [4.78, 5) is 9.17. The van der Waals surface area contributed by atoms with Crippen LogP contribution in [0.1, 0.15) is 29.6 Å². The van der Waals surface area contributed by atoms with Crippen molar-refractivity contribution >= 4 is 41.3 Å². The Balaban J connectivity index is 0.00000364. The highest BCUT2D eigenvalue weighted by Gasteiger charge is 2.04. The highest BCUT2D eigenvalue weighted by Crippen LogP contribution is 2.18. The van der Waals surface area contributed by atoms with Gasteiger partial charge in [0.2, 0.25) is 0 Å². The van der Waals surface area contributed by atoms with Gasteiger partial charge in [0.15, 0.2) is 5.96 Å². The third kappa shape index (κ3) is 8.75. The number of aliphatic imine (C=N–C) groups is 1. The fraction of sp³-hybridized carbons (Fsp3) is 0.400. The molecule has 0 amide bonds. The number of ether oxygens (including phenoxy) is 1. The lowest BCUT2D eigenvalue weighted by Crippen LogP contribution is -2.37. The second-order valence-corrected chi connectivity index (χ2v) is 6.76. The molecule has 1 heterocycles. The Morgan fingerprint density at radius 3 is 2.85 bits per heavy atom. The van der Waals surface area contributed by atoms with Crippen LogP contribution < -0.4 is 15.4 Å². The van der Waals surface area contributed by atoms with Crippen LogP contribution in [0.2, 0.25) is 0 Å². The number of hydrogen-bond donors (Lipinski definition) is 2. The van der Waals surface area contributed by atoms with Gasteiger partial charge in [0.25, 0.3) is 0 Å². The number of hydrogen-bond acceptors (Lipinski definition) is 4. The van der Waals surface area contributed by atoms with E-state index in [1.807, 2.05) is 31.2 Å². The number of aromatic nitrogens is 1. The Morgan fingerprint density at radius 1 is 1.33 bits per heavy atom. The summed E-state index contributed by atoms with van der Waals surface area (Å²) in [5.74, 6) is 1.67. The minimum atomic E-state index is 0. The fourth-order valence-corrected chi connectivity index (χ4v) is 3.21. The number of guanidine groups is 1. The van der Waals surface area contributed by atoms with Gasteiger partial charge in [-0.25, -0.2) is 9.98 Å². The molecule has 7 heteroatoms. The lowest BCUT2D eigenvalue weighted by atomic mass is 10.2. The summed E-state index contributed by atoms with van der Waals surface area (Å²) in [5.41, 5.74) is 2.16. The number of benzene rings is 1. The summed E-state index contributed by atoms with van der Waals surface area (Å²) in [6.07, 6.45) is 3.76. The summed E-state index contributed by atoms with van der Waals surface area (Å²) in [6.45, 7) is 10.5. The molecule has 0 aliphatic heterocycles. The van der Waals surface area contributed by atoms with Gasteiger partial charge in [0.1, 0.15) is 12.4 Å². The maximum Gasteiger partial charge on any atom is 0.191 e. The van der Waals surface area contributed by atoms with Gasteiger partial charge in [-0.05, 0) is 26.3 Å². The molecule has 2 aromatic rings. The van der Waals surface area contributed by atoms with Crippen molar-refractivity contribution in [2.75, 3.05) is 19.7 Å². The van der Waals surface area contributed by atoms with Gasteiger partial charge in [-0.1, -0.05) is 30.9 Å². The van der Waals surface area contributed by atoms with Crippen molar-refractivity contribution in [2.24, 2.45) is 4.99 Å². The first kappa shape index (κ1) is 23.4. The number of thiazole rings is 1. The summed E-state index contributed by atoms with van der Waals surface area (Å²) in [6, 6.07) is 7.97. The van der Waals surface area contributed by atoms with Gasteiger partial charge in [0, 0.05) is 36.1 Å². The largest absolute Gasteiger partial charge is 0.489 e. The molecule has 0 unspecified atom stereocenters. The molecule has 2 rings (SSSR count). The average Bonchev–Trinajstić information content (AvgIpc) is 3.07. The number of aryl methyl sites for hydroxylation is 2. The van der Waals surface area contributed by atoms with Gasteiger partial charge in [-0.3, -0.25) is 0 Å². The first-order chi connectivity index (χ1) is 12.7. The minimum Gasteiger partial charge on any atom is -0.489 e. The molecule has 0 aliphatic carbocycles. The Morgan fingerprint density at radius 2 is 2.15 bits per heavy atom. The van der Waals surface area contributed by atoms with E-state index in [-0.39, 0.29) is 24.0 Å². The first-order valence-electron chi connectivity index (χ1n) is 8.97. The van der Waals surface area contributed by atoms with E-state index in [1.54, 1.807) is 17.4 Å². The highest BCUT2D eigenvalue weighted by atomic mass is 127. The van der Waals surface area contributed by atoms with Gasteiger partial charge in [-0.15, -0.1) is 35.3 Å². The van der Waals surface area contributed by atoms with Gasteiger partial charge in [-0.2, -0.15) is 0 Å². The van der Waals surface area contributed by atoms with E-state index in [1.165, 1.54) is 5.01 Å². The van der Waals surface area contributed by atoms with E-state index < -0.39 is 0 Å². The quantitative estimate of drug-likeness (QED) is 0.168. The highest BCUT2D eigenvalue weighted by molar-refractivity contribution is 14.0. The van der Waals surface area contributed by atoms with Crippen molar-refractivity contribution in [3.05, 3.63) is 58.6 Å². The molecule has 0 bridgehead atoms. The maximum absolute atomic E-state index is 5.69. The Bertz CT molecular complexity index is 718. The SMILES string of the molecule is C=CCOc1ccccc1CN=C(NCC)NCCCc1nc(C)cs1.I. The molecule has 0 radical (unpaired) electrons. The summed E-state index contributed by atoms with van der Waals surface area (Å²) in [5, 5.41) is 9.97. The molecule has 148 valence electrons. The van der Waals surface area contributed by atoms with Crippen LogP contribution in [-0.4, -0.2) is 30.6 Å². The van der Waals surface area contributed by atoms with Crippen molar-refractivity contribution in [1.29, 1.82) is 0 Å². The van der Waals surface area contributed by atoms with Crippen molar-refractivity contribution in [2.45, 2.75) is 33.2 Å². The summed E-state index contributed by atoms with van der Waals surface area (Å²) in [7, 11) is 0. The second kappa shape index (κ2) is 13.5. The Kier molecular flexibility index (Phi) is 11.8. The predicted octanol–water partition coefficient (Wildman–Crippen LogP) is 4.32. The molecule has 0 saturated carbocycles. The minimum absolute atomic E-state index is 0. The molecule has 27 heavy (non-hydrogen) atoms. The summed E-state index contributed by atoms with van der Waals surface area (Å²) < 4.78 is 5.69. The monoisotopic (exact) mass is 500 g/mol. The van der Waals surface area contributed by atoms with Crippen molar-refractivity contribution < 1.29 is 4.74 Å². The average molecular weight is 500 g/mol. The summed E-state index contributed by atoms with van der Waals surface area (Å²) >= 11 is 1.73. The second-order valence-electron chi connectivity index (χ2n) is 5.82. The van der Waals surface area contributed by atoms with Crippen LogP contribution in [0, 0.1) is 6.92 Å². The molecule has 1 aromatic heterocycles. The molecule has 0 saturated heterocycles. The molecule has 0 aliphatic rings. The maximum atomic E-state index is 5.69. The number of nitrogens with one attached hydrogen (secondary N) is 2. The van der Waals surface area contributed by atoms with E-state index in [0.717, 1.165) is 48.9 Å². The van der Waals surface area contributed by atoms with Crippen LogP contribution in [0.4, 0.5) is 0 Å². The third-order valence-electron chi connectivity index (χ3n) is 3.61. The predicted molar refractivity (Wildman–Crippen MR) is 126 cm³/mol. The lowest BCUT2D eigenvalue weighted by molar-refractivity contribution is 0.359. The number of halogens is 1. The molecule has 2 N–H and O–H groups in total. The molecular formula is C20H29IN4OS.